The number of imidazole rings is 1. The van der Waals surface area contributed by atoms with Crippen molar-refractivity contribution in [2.24, 2.45) is 5.10 Å². The fourth-order valence-corrected chi connectivity index (χ4v) is 3.37. The molecule has 9 heteroatoms. The van der Waals surface area contributed by atoms with E-state index in [1.807, 2.05) is 55.5 Å². The van der Waals surface area contributed by atoms with Crippen LogP contribution in [0.1, 0.15) is 11.1 Å². The number of hydrogen-bond donors (Lipinski definition) is 2. The molecule has 9 nitrogen and oxygen atoms in total. The highest BCUT2D eigenvalue weighted by Gasteiger charge is 2.09. The summed E-state index contributed by atoms with van der Waals surface area (Å²) in [5.74, 6) is 0.291. The molecule has 0 spiro atoms. The lowest BCUT2D eigenvalue weighted by atomic mass is 10.2. The number of hydrazone groups is 1. The summed E-state index contributed by atoms with van der Waals surface area (Å²) < 4.78 is 12.7. The second kappa shape index (κ2) is 11.0. The largest absolute Gasteiger partial charge is 0.493 e. The van der Waals surface area contributed by atoms with Crippen molar-refractivity contribution in [2.75, 3.05) is 19.0 Å². The number of carbonyl (C=O) groups is 2. The zero-order valence-corrected chi connectivity index (χ0v) is 19.4. The predicted molar refractivity (Wildman–Crippen MR) is 134 cm³/mol. The molecule has 2 amide bonds. The van der Waals surface area contributed by atoms with Gasteiger partial charge in [-0.1, -0.05) is 29.8 Å². The molecule has 35 heavy (non-hydrogen) atoms. The van der Waals surface area contributed by atoms with Gasteiger partial charge in [0.05, 0.1) is 30.7 Å². The van der Waals surface area contributed by atoms with Gasteiger partial charge in [0.1, 0.15) is 6.54 Å². The highest BCUT2D eigenvalue weighted by Crippen LogP contribution is 2.27. The van der Waals surface area contributed by atoms with Gasteiger partial charge in [-0.05, 0) is 55.0 Å². The molecule has 0 aliphatic carbocycles. The van der Waals surface area contributed by atoms with Crippen LogP contribution in [0.4, 0.5) is 5.69 Å². The van der Waals surface area contributed by atoms with Gasteiger partial charge >= 0.3 is 0 Å². The number of para-hydroxylation sites is 2. The van der Waals surface area contributed by atoms with Gasteiger partial charge in [0.2, 0.25) is 0 Å². The Labute approximate surface area is 202 Å². The molecule has 4 aromatic rings. The molecule has 0 aliphatic heterocycles. The second-order valence-electron chi connectivity index (χ2n) is 7.77. The number of ether oxygens (including phenoxy) is 2. The van der Waals surface area contributed by atoms with Crippen LogP contribution < -0.4 is 20.2 Å². The summed E-state index contributed by atoms with van der Waals surface area (Å²) in [6.07, 6.45) is 3.12. The first-order chi connectivity index (χ1) is 17.0. The highest BCUT2D eigenvalue weighted by atomic mass is 16.5. The van der Waals surface area contributed by atoms with E-state index in [9.17, 15) is 9.59 Å². The number of nitrogens with zero attached hydrogens (tertiary/aromatic N) is 3. The topological polar surface area (TPSA) is 107 Å². The van der Waals surface area contributed by atoms with Crippen LogP contribution in [-0.2, 0) is 16.1 Å². The lowest BCUT2D eigenvalue weighted by Gasteiger charge is -2.11. The van der Waals surface area contributed by atoms with E-state index in [1.165, 1.54) is 13.3 Å². The number of amides is 2. The lowest BCUT2D eigenvalue weighted by molar-refractivity contribution is -0.121. The molecule has 0 saturated carbocycles. The number of benzene rings is 3. The number of methoxy groups -OCH3 is 1. The molecule has 0 atom stereocenters. The van der Waals surface area contributed by atoms with E-state index >= 15 is 0 Å². The molecule has 0 bridgehead atoms. The molecule has 3 aromatic carbocycles. The van der Waals surface area contributed by atoms with Gasteiger partial charge in [0, 0.05) is 5.69 Å². The van der Waals surface area contributed by atoms with Crippen LogP contribution in [0, 0.1) is 6.92 Å². The van der Waals surface area contributed by atoms with E-state index in [4.69, 9.17) is 9.47 Å². The van der Waals surface area contributed by atoms with Crippen LogP contribution in [0.15, 0.2) is 78.2 Å². The van der Waals surface area contributed by atoms with Crippen LogP contribution >= 0.6 is 0 Å². The molecule has 1 aromatic heterocycles. The molecule has 0 radical (unpaired) electrons. The molecule has 178 valence electrons. The maximum Gasteiger partial charge on any atom is 0.262 e. The molecular weight excluding hydrogens is 446 g/mol. The standard InChI is InChI=1S/C26H25N5O4/c1-18-7-10-20(11-8-18)29-26(33)16-35-23-12-9-19(13-24(23)34-2)14-28-30-25(32)15-31-17-27-21-5-3-4-6-22(21)31/h3-14,17H,15-16H2,1-2H3,(H,29,33)(H,30,32). The van der Waals surface area contributed by atoms with Crippen LogP contribution in [0.3, 0.4) is 0 Å². The number of carbonyl (C=O) groups excluding carboxylic acids is 2. The molecule has 0 unspecified atom stereocenters. The van der Waals surface area contributed by atoms with Crippen molar-refractivity contribution >= 4 is 34.7 Å². The van der Waals surface area contributed by atoms with Crippen molar-refractivity contribution in [3.05, 3.63) is 84.2 Å². The van der Waals surface area contributed by atoms with Gasteiger partial charge in [0.15, 0.2) is 18.1 Å². The van der Waals surface area contributed by atoms with E-state index in [0.29, 0.717) is 22.7 Å². The van der Waals surface area contributed by atoms with E-state index in [0.717, 1.165) is 16.6 Å². The molecule has 4 rings (SSSR count). The van der Waals surface area contributed by atoms with E-state index < -0.39 is 0 Å². The first-order valence-electron chi connectivity index (χ1n) is 10.9. The zero-order chi connectivity index (χ0) is 24.6. The summed E-state index contributed by atoms with van der Waals surface area (Å²) in [7, 11) is 1.51. The van der Waals surface area contributed by atoms with Crippen molar-refractivity contribution in [3.63, 3.8) is 0 Å². The van der Waals surface area contributed by atoms with Gasteiger partial charge in [0.25, 0.3) is 11.8 Å². The van der Waals surface area contributed by atoms with Gasteiger partial charge in [-0.25, -0.2) is 10.4 Å². The minimum atomic E-state index is -0.282. The first-order valence-corrected chi connectivity index (χ1v) is 10.9. The summed E-state index contributed by atoms with van der Waals surface area (Å²) in [4.78, 5) is 28.7. The Morgan fingerprint density at radius 2 is 1.83 bits per heavy atom. The van der Waals surface area contributed by atoms with Gasteiger partial charge in [-0.2, -0.15) is 5.10 Å². The van der Waals surface area contributed by atoms with Gasteiger partial charge in [-0.15, -0.1) is 0 Å². The van der Waals surface area contributed by atoms with Crippen molar-refractivity contribution in [1.82, 2.24) is 15.0 Å². The predicted octanol–water partition coefficient (Wildman–Crippen LogP) is 3.52. The number of aryl methyl sites for hydroxylation is 1. The Morgan fingerprint density at radius 3 is 2.63 bits per heavy atom. The minimum absolute atomic E-state index is 0.0958. The minimum Gasteiger partial charge on any atom is -0.493 e. The number of hydrogen-bond acceptors (Lipinski definition) is 6. The summed E-state index contributed by atoms with van der Waals surface area (Å²) in [6, 6.07) is 20.2. The number of aromatic nitrogens is 2. The molecule has 2 N–H and O–H groups in total. The Morgan fingerprint density at radius 1 is 1.03 bits per heavy atom. The maximum atomic E-state index is 12.3. The maximum absolute atomic E-state index is 12.3. The van der Waals surface area contributed by atoms with Crippen LogP contribution in [0.2, 0.25) is 0 Å². The number of rotatable bonds is 9. The third-order valence-electron chi connectivity index (χ3n) is 5.13. The SMILES string of the molecule is COc1cc(C=NNC(=O)Cn2cnc3ccccc32)ccc1OCC(=O)Nc1ccc(C)cc1. The summed E-state index contributed by atoms with van der Waals surface area (Å²) in [6.45, 7) is 1.90. The Hall–Kier alpha value is -4.66. The Bertz CT molecular complexity index is 1360. The average molecular weight is 472 g/mol. The quantitative estimate of drug-likeness (QED) is 0.287. The van der Waals surface area contributed by atoms with E-state index in [2.05, 4.69) is 20.8 Å². The Balaban J connectivity index is 1.30. The van der Waals surface area contributed by atoms with Crippen molar-refractivity contribution in [2.45, 2.75) is 13.5 Å². The van der Waals surface area contributed by atoms with Crippen molar-refractivity contribution in [3.8, 4) is 11.5 Å². The molecular formula is C26H25N5O4. The molecule has 1 heterocycles. The molecule has 0 saturated heterocycles. The summed E-state index contributed by atoms with van der Waals surface area (Å²) in [5.41, 5.74) is 6.71. The van der Waals surface area contributed by atoms with Crippen LogP contribution in [-0.4, -0.2) is 41.3 Å². The molecule has 0 aliphatic rings. The highest BCUT2D eigenvalue weighted by molar-refractivity contribution is 5.92. The monoisotopic (exact) mass is 471 g/mol. The smallest absolute Gasteiger partial charge is 0.262 e. The van der Waals surface area contributed by atoms with Crippen molar-refractivity contribution in [1.29, 1.82) is 0 Å². The van der Waals surface area contributed by atoms with E-state index in [-0.39, 0.29) is 25.0 Å². The third kappa shape index (κ3) is 6.23. The van der Waals surface area contributed by atoms with Gasteiger partial charge in [-0.3, -0.25) is 9.59 Å². The summed E-state index contributed by atoms with van der Waals surface area (Å²) in [5, 5.41) is 6.80. The third-order valence-corrected chi connectivity index (χ3v) is 5.13. The second-order valence-corrected chi connectivity index (χ2v) is 7.77. The van der Waals surface area contributed by atoms with Gasteiger partial charge < -0.3 is 19.4 Å². The normalized spacial score (nSPS) is 10.9. The number of fused-ring (bicyclic) bond motifs is 1. The average Bonchev–Trinajstić information content (AvgIpc) is 3.27. The molecule has 0 fully saturated rings. The zero-order valence-electron chi connectivity index (χ0n) is 19.4. The first kappa shape index (κ1) is 23.5. The summed E-state index contributed by atoms with van der Waals surface area (Å²) >= 11 is 0. The lowest BCUT2D eigenvalue weighted by Crippen LogP contribution is -2.22. The number of anilines is 1. The number of nitrogens with one attached hydrogen (secondary N) is 2. The van der Waals surface area contributed by atoms with Crippen molar-refractivity contribution < 1.29 is 19.1 Å². The van der Waals surface area contributed by atoms with Crippen LogP contribution in [0.25, 0.3) is 11.0 Å². The fourth-order valence-electron chi connectivity index (χ4n) is 3.37. The van der Waals surface area contributed by atoms with E-state index in [1.54, 1.807) is 29.1 Å². The van der Waals surface area contributed by atoms with Crippen LogP contribution in [0.5, 0.6) is 11.5 Å². The Kier molecular flexibility index (Phi) is 7.37. The fraction of sp³-hybridized carbons (Fsp3) is 0.154.